The number of rotatable bonds is 3. The normalized spacial score (nSPS) is 37.0. The van der Waals surface area contributed by atoms with Crippen molar-refractivity contribution in [3.8, 4) is 0 Å². The number of nitrogens with two attached hydrogens (primary N) is 2. The molecule has 0 aromatic rings. The van der Waals surface area contributed by atoms with Gasteiger partial charge < -0.3 is 10.6 Å². The van der Waals surface area contributed by atoms with Crippen LogP contribution >= 0.6 is 0 Å². The first-order valence-corrected chi connectivity index (χ1v) is 9.06. The molecule has 1 saturated heterocycles. The van der Waals surface area contributed by atoms with Gasteiger partial charge >= 0.3 is 0 Å². The van der Waals surface area contributed by atoms with Gasteiger partial charge in [0, 0.05) is 25.6 Å². The van der Waals surface area contributed by atoms with E-state index in [4.69, 9.17) is 10.9 Å². The topological polar surface area (TPSA) is 106 Å². The van der Waals surface area contributed by atoms with Crippen molar-refractivity contribution in [3.63, 3.8) is 0 Å². The molecule has 1 amide bonds. The van der Waals surface area contributed by atoms with Crippen molar-refractivity contribution in [2.45, 2.75) is 57.7 Å². The molecule has 122 valence electrons. The highest BCUT2D eigenvalue weighted by Gasteiger charge is 2.44. The van der Waals surface area contributed by atoms with Crippen LogP contribution in [0.4, 0.5) is 0 Å². The predicted octanol–water partition coefficient (Wildman–Crippen LogP) is 0.420. The number of hydrogen-bond donors (Lipinski definition) is 2. The molecule has 1 saturated carbocycles. The average molecular weight is 317 g/mol. The lowest BCUT2D eigenvalue weighted by molar-refractivity contribution is -0.129. The summed E-state index contributed by atoms with van der Waals surface area (Å²) >= 11 is 0. The van der Waals surface area contributed by atoms with E-state index in [0.29, 0.717) is 6.54 Å². The standard InChI is InChI=1S/C14H27N3O3S/c1-13(2)5-10(15)6-14(3,8-13)9-17-7-11(4-12(17)18)21(16,19)20/h10-11H,4-9,15H2,1-3H3,(H2,16,19,20). The van der Waals surface area contributed by atoms with Crippen LogP contribution in [0, 0.1) is 10.8 Å². The third-order valence-electron chi connectivity index (χ3n) is 4.69. The Morgan fingerprint density at radius 1 is 1.29 bits per heavy atom. The highest BCUT2D eigenvalue weighted by atomic mass is 32.2. The molecule has 4 N–H and O–H groups in total. The molecule has 7 heteroatoms. The maximum absolute atomic E-state index is 12.1. The second-order valence-electron chi connectivity index (χ2n) is 8.01. The zero-order chi connectivity index (χ0) is 16.1. The molecule has 2 aliphatic rings. The summed E-state index contributed by atoms with van der Waals surface area (Å²) in [6.07, 6.45) is 2.83. The number of primary sulfonamides is 1. The van der Waals surface area contributed by atoms with Crippen LogP contribution in [0.1, 0.15) is 46.5 Å². The van der Waals surface area contributed by atoms with Crippen LogP contribution in [0.2, 0.25) is 0 Å². The van der Waals surface area contributed by atoms with E-state index in [0.717, 1.165) is 19.3 Å². The summed E-state index contributed by atoms with van der Waals surface area (Å²) in [5.41, 5.74) is 6.25. The monoisotopic (exact) mass is 317 g/mol. The Morgan fingerprint density at radius 2 is 1.90 bits per heavy atom. The minimum Gasteiger partial charge on any atom is -0.341 e. The minimum absolute atomic E-state index is 0.00433. The zero-order valence-electron chi connectivity index (χ0n) is 13.1. The van der Waals surface area contributed by atoms with E-state index < -0.39 is 15.3 Å². The Labute approximate surface area is 127 Å². The number of likely N-dealkylation sites (tertiary alicyclic amines) is 1. The molecule has 0 spiro atoms. The number of hydrogen-bond acceptors (Lipinski definition) is 4. The summed E-state index contributed by atoms with van der Waals surface area (Å²) in [6, 6.07) is 0.130. The maximum atomic E-state index is 12.1. The van der Waals surface area contributed by atoms with Crippen molar-refractivity contribution in [2.24, 2.45) is 21.7 Å². The summed E-state index contributed by atoms with van der Waals surface area (Å²) in [6.45, 7) is 7.32. The van der Waals surface area contributed by atoms with Crippen LogP contribution in [0.3, 0.4) is 0 Å². The van der Waals surface area contributed by atoms with E-state index in [1.807, 2.05) is 0 Å². The zero-order valence-corrected chi connectivity index (χ0v) is 13.9. The van der Waals surface area contributed by atoms with E-state index >= 15 is 0 Å². The summed E-state index contributed by atoms with van der Waals surface area (Å²) in [5.74, 6) is -0.118. The molecule has 0 radical (unpaired) electrons. The number of carbonyl (C=O) groups is 1. The maximum Gasteiger partial charge on any atom is 0.224 e. The van der Waals surface area contributed by atoms with Gasteiger partial charge in [0.05, 0.1) is 0 Å². The quantitative estimate of drug-likeness (QED) is 0.786. The van der Waals surface area contributed by atoms with Gasteiger partial charge in [0.2, 0.25) is 15.9 Å². The Morgan fingerprint density at radius 3 is 2.38 bits per heavy atom. The molecule has 0 aromatic carbocycles. The number of amides is 1. The van der Waals surface area contributed by atoms with E-state index in [1.54, 1.807) is 4.90 Å². The van der Waals surface area contributed by atoms with Crippen LogP contribution in [-0.4, -0.2) is 43.6 Å². The Bertz CT molecular complexity index is 532. The van der Waals surface area contributed by atoms with Gasteiger partial charge in [-0.2, -0.15) is 0 Å². The van der Waals surface area contributed by atoms with Gasteiger partial charge in [-0.25, -0.2) is 13.6 Å². The largest absolute Gasteiger partial charge is 0.341 e. The van der Waals surface area contributed by atoms with Crippen molar-refractivity contribution in [1.29, 1.82) is 0 Å². The minimum atomic E-state index is -3.65. The van der Waals surface area contributed by atoms with Crippen LogP contribution < -0.4 is 10.9 Å². The van der Waals surface area contributed by atoms with Crippen LogP contribution in [0.5, 0.6) is 0 Å². The van der Waals surface area contributed by atoms with Gasteiger partial charge in [-0.15, -0.1) is 0 Å². The molecule has 1 aliphatic carbocycles. The molecule has 2 fully saturated rings. The van der Waals surface area contributed by atoms with Crippen molar-refractivity contribution in [1.82, 2.24) is 4.90 Å². The predicted molar refractivity (Wildman–Crippen MR) is 81.8 cm³/mol. The molecule has 2 rings (SSSR count). The summed E-state index contributed by atoms with van der Waals surface area (Å²) in [4.78, 5) is 13.7. The van der Waals surface area contributed by atoms with Gasteiger partial charge in [-0.05, 0) is 30.1 Å². The SMILES string of the molecule is CC1(C)CC(N)CC(C)(CN2CC(S(N)(=O)=O)CC2=O)C1. The smallest absolute Gasteiger partial charge is 0.224 e. The van der Waals surface area contributed by atoms with E-state index in [1.165, 1.54) is 0 Å². The molecule has 6 nitrogen and oxygen atoms in total. The molecule has 1 heterocycles. The van der Waals surface area contributed by atoms with Crippen LogP contribution in [-0.2, 0) is 14.8 Å². The van der Waals surface area contributed by atoms with Crippen molar-refractivity contribution in [3.05, 3.63) is 0 Å². The Hall–Kier alpha value is -0.660. The third kappa shape index (κ3) is 3.96. The number of carbonyl (C=O) groups excluding carboxylic acids is 1. The highest BCUT2D eigenvalue weighted by molar-refractivity contribution is 7.89. The molecular weight excluding hydrogens is 290 g/mol. The van der Waals surface area contributed by atoms with E-state index in [2.05, 4.69) is 20.8 Å². The molecule has 3 unspecified atom stereocenters. The fraction of sp³-hybridized carbons (Fsp3) is 0.929. The fourth-order valence-corrected chi connectivity index (χ4v) is 5.17. The Balaban J connectivity index is 2.09. The lowest BCUT2D eigenvalue weighted by Gasteiger charge is -2.47. The van der Waals surface area contributed by atoms with Gasteiger partial charge in [0.1, 0.15) is 5.25 Å². The van der Waals surface area contributed by atoms with Crippen molar-refractivity contribution in [2.75, 3.05) is 13.1 Å². The first kappa shape index (κ1) is 16.7. The van der Waals surface area contributed by atoms with Crippen LogP contribution in [0.25, 0.3) is 0 Å². The number of nitrogens with zero attached hydrogens (tertiary/aromatic N) is 1. The summed E-state index contributed by atoms with van der Waals surface area (Å²) in [7, 11) is -3.65. The highest BCUT2D eigenvalue weighted by Crippen LogP contribution is 2.46. The average Bonchev–Trinajstić information content (AvgIpc) is 2.54. The van der Waals surface area contributed by atoms with Gasteiger partial charge in [-0.3, -0.25) is 4.79 Å². The van der Waals surface area contributed by atoms with Crippen LogP contribution in [0.15, 0.2) is 0 Å². The van der Waals surface area contributed by atoms with E-state index in [9.17, 15) is 13.2 Å². The fourth-order valence-electron chi connectivity index (χ4n) is 4.40. The molecule has 1 aliphatic heterocycles. The second-order valence-corrected chi connectivity index (χ2v) is 9.85. The summed E-state index contributed by atoms with van der Waals surface area (Å²) in [5, 5.41) is 4.40. The molecule has 21 heavy (non-hydrogen) atoms. The lowest BCUT2D eigenvalue weighted by atomic mass is 9.62. The molecular formula is C14H27N3O3S. The van der Waals surface area contributed by atoms with Gasteiger partial charge in [0.25, 0.3) is 0 Å². The van der Waals surface area contributed by atoms with Crippen molar-refractivity contribution < 1.29 is 13.2 Å². The van der Waals surface area contributed by atoms with Gasteiger partial charge in [-0.1, -0.05) is 20.8 Å². The molecule has 0 aromatic heterocycles. The number of sulfonamides is 1. The van der Waals surface area contributed by atoms with Gasteiger partial charge in [0.15, 0.2) is 0 Å². The lowest BCUT2D eigenvalue weighted by Crippen LogP contribution is -2.48. The second kappa shape index (κ2) is 5.21. The molecule has 0 bridgehead atoms. The summed E-state index contributed by atoms with van der Waals surface area (Å²) < 4.78 is 22.9. The Kier molecular flexibility index (Phi) is 4.14. The van der Waals surface area contributed by atoms with Crippen molar-refractivity contribution >= 4 is 15.9 Å². The first-order valence-electron chi connectivity index (χ1n) is 7.45. The third-order valence-corrected chi connectivity index (χ3v) is 5.94. The first-order chi connectivity index (χ1) is 9.40. The molecule has 3 atom stereocenters. The van der Waals surface area contributed by atoms with E-state index in [-0.39, 0.29) is 35.7 Å².